The monoisotopic (exact) mass is 490 g/mol. The van der Waals surface area contributed by atoms with Crippen LogP contribution in [0.1, 0.15) is 30.6 Å². The van der Waals surface area contributed by atoms with E-state index >= 15 is 0 Å². The van der Waals surface area contributed by atoms with Gasteiger partial charge in [-0.25, -0.2) is 0 Å². The number of hydrogen-bond donors (Lipinski definition) is 3. The molecule has 27 heavy (non-hydrogen) atoms. The first-order valence-electron chi connectivity index (χ1n) is 9.32. The zero-order valence-corrected chi connectivity index (χ0v) is 18.4. The molecule has 2 rings (SSSR count). The normalized spacial score (nSPS) is 16.7. The Balaban J connectivity index is 0.00000364. The lowest BCUT2D eigenvalue weighted by Crippen LogP contribution is -2.40. The quantitative estimate of drug-likeness (QED) is 0.225. The van der Waals surface area contributed by atoms with Gasteiger partial charge in [-0.1, -0.05) is 0 Å². The maximum absolute atomic E-state index is 12.0. The smallest absolute Gasteiger partial charge is 0.251 e. The van der Waals surface area contributed by atoms with E-state index in [2.05, 4.69) is 27.4 Å². The van der Waals surface area contributed by atoms with E-state index in [9.17, 15) is 9.90 Å². The molecule has 1 unspecified atom stereocenters. The van der Waals surface area contributed by atoms with Crippen LogP contribution in [0.3, 0.4) is 0 Å². The molecule has 7 nitrogen and oxygen atoms in total. The van der Waals surface area contributed by atoms with Crippen molar-refractivity contribution in [3.8, 4) is 5.75 Å². The molecule has 0 spiro atoms. The van der Waals surface area contributed by atoms with Crippen LogP contribution in [-0.2, 0) is 4.74 Å². The van der Waals surface area contributed by atoms with Crippen molar-refractivity contribution in [2.45, 2.75) is 20.3 Å². The highest BCUT2D eigenvalue weighted by Gasteiger charge is 2.24. The lowest BCUT2D eigenvalue weighted by atomic mass is 10.1. The Bertz CT molecular complexity index is 595. The van der Waals surface area contributed by atoms with Crippen LogP contribution >= 0.6 is 24.0 Å². The van der Waals surface area contributed by atoms with Gasteiger partial charge in [-0.05, 0) is 44.5 Å². The Hall–Kier alpha value is -1.55. The van der Waals surface area contributed by atoms with Crippen LogP contribution in [0.5, 0.6) is 5.75 Å². The molecule has 152 valence electrons. The summed E-state index contributed by atoms with van der Waals surface area (Å²) in [5.41, 5.74) is 0.525. The number of aliphatic imine (C=N–C) groups is 1. The van der Waals surface area contributed by atoms with Gasteiger partial charge >= 0.3 is 0 Å². The van der Waals surface area contributed by atoms with Gasteiger partial charge in [0.2, 0.25) is 0 Å². The Morgan fingerprint density at radius 2 is 2.04 bits per heavy atom. The molecule has 0 saturated carbocycles. The Labute approximate surface area is 178 Å². The van der Waals surface area contributed by atoms with Gasteiger partial charge in [0.05, 0.1) is 13.2 Å². The number of amides is 1. The predicted molar refractivity (Wildman–Crippen MR) is 118 cm³/mol. The highest BCUT2D eigenvalue weighted by Crippen LogP contribution is 2.16. The van der Waals surface area contributed by atoms with Gasteiger partial charge in [0.15, 0.2) is 5.96 Å². The molecule has 3 N–H and O–H groups in total. The number of rotatable bonds is 8. The van der Waals surface area contributed by atoms with Gasteiger partial charge in [0, 0.05) is 44.3 Å². The Kier molecular flexibility index (Phi) is 11.1. The lowest BCUT2D eigenvalue weighted by molar-refractivity contribution is 0.0954. The summed E-state index contributed by atoms with van der Waals surface area (Å²) in [4.78, 5) is 18.9. The first-order valence-corrected chi connectivity index (χ1v) is 9.32. The molecule has 0 bridgehead atoms. The van der Waals surface area contributed by atoms with Crippen LogP contribution in [0.4, 0.5) is 0 Å². The summed E-state index contributed by atoms with van der Waals surface area (Å²) >= 11 is 0. The van der Waals surface area contributed by atoms with Crippen molar-refractivity contribution in [2.75, 3.05) is 45.9 Å². The molecule has 1 aliphatic rings. The highest BCUT2D eigenvalue weighted by molar-refractivity contribution is 14.0. The number of hydrogen-bond acceptors (Lipinski definition) is 4. The van der Waals surface area contributed by atoms with E-state index in [-0.39, 0.29) is 35.6 Å². The van der Waals surface area contributed by atoms with Gasteiger partial charge in [0.25, 0.3) is 5.91 Å². The number of aromatic hydroxyl groups is 1. The fourth-order valence-electron chi connectivity index (χ4n) is 2.92. The minimum atomic E-state index is -0.164. The molecule has 1 amide bonds. The molecule has 1 aromatic carbocycles. The lowest BCUT2D eigenvalue weighted by Gasteiger charge is -2.21. The van der Waals surface area contributed by atoms with Crippen LogP contribution in [0.2, 0.25) is 0 Å². The van der Waals surface area contributed by atoms with Crippen LogP contribution in [-0.4, -0.2) is 67.8 Å². The van der Waals surface area contributed by atoms with E-state index in [0.717, 1.165) is 45.2 Å². The second-order valence-electron chi connectivity index (χ2n) is 6.30. The molecule has 0 aliphatic carbocycles. The fraction of sp³-hybridized carbons (Fsp3) is 0.579. The zero-order valence-electron chi connectivity index (χ0n) is 16.1. The molecular formula is C19H31IN4O3. The number of carbonyl (C=O) groups is 1. The third-order valence-corrected chi connectivity index (χ3v) is 4.27. The highest BCUT2D eigenvalue weighted by atomic mass is 127. The molecule has 1 aromatic rings. The summed E-state index contributed by atoms with van der Waals surface area (Å²) in [5.74, 6) is 1.43. The number of halogens is 1. The maximum atomic E-state index is 12.0. The van der Waals surface area contributed by atoms with Crippen molar-refractivity contribution in [3.63, 3.8) is 0 Å². The number of likely N-dealkylation sites (tertiary alicyclic amines) is 1. The van der Waals surface area contributed by atoms with Crippen molar-refractivity contribution in [1.82, 2.24) is 15.5 Å². The fourth-order valence-corrected chi connectivity index (χ4v) is 2.92. The van der Waals surface area contributed by atoms with Gasteiger partial charge in [-0.2, -0.15) is 0 Å². The zero-order chi connectivity index (χ0) is 18.8. The van der Waals surface area contributed by atoms with Crippen molar-refractivity contribution in [2.24, 2.45) is 10.9 Å². The maximum Gasteiger partial charge on any atom is 0.251 e. The average Bonchev–Trinajstić information content (AvgIpc) is 3.11. The van der Waals surface area contributed by atoms with Crippen molar-refractivity contribution in [1.29, 1.82) is 0 Å². The molecule has 8 heteroatoms. The molecule has 0 aromatic heterocycles. The van der Waals surface area contributed by atoms with Gasteiger partial charge in [-0.3, -0.25) is 9.79 Å². The van der Waals surface area contributed by atoms with E-state index in [1.807, 2.05) is 6.92 Å². The third-order valence-electron chi connectivity index (χ3n) is 4.27. The number of benzene rings is 1. The number of nitrogens with zero attached hydrogens (tertiary/aromatic N) is 2. The van der Waals surface area contributed by atoms with E-state index < -0.39 is 0 Å². The van der Waals surface area contributed by atoms with Gasteiger partial charge < -0.3 is 25.4 Å². The second-order valence-corrected chi connectivity index (χ2v) is 6.30. The molecule has 1 saturated heterocycles. The first kappa shape index (κ1) is 23.5. The number of nitrogens with one attached hydrogen (secondary N) is 2. The number of phenolic OH excluding ortho intramolecular Hbond substituents is 1. The third kappa shape index (κ3) is 7.92. The van der Waals surface area contributed by atoms with Crippen LogP contribution in [0.25, 0.3) is 0 Å². The van der Waals surface area contributed by atoms with Crippen LogP contribution in [0.15, 0.2) is 29.3 Å². The average molecular weight is 490 g/mol. The molecule has 1 heterocycles. The number of guanidine groups is 1. The summed E-state index contributed by atoms with van der Waals surface area (Å²) in [5, 5.41) is 15.4. The molecule has 1 fully saturated rings. The van der Waals surface area contributed by atoms with Crippen molar-refractivity contribution < 1.29 is 14.6 Å². The Morgan fingerprint density at radius 3 is 2.70 bits per heavy atom. The topological polar surface area (TPSA) is 86.2 Å². The predicted octanol–water partition coefficient (Wildman–Crippen LogP) is 2.06. The SMILES string of the molecule is CCNC(=NCCNC(=O)c1ccc(O)cc1)N1CCC(COCC)C1.I. The van der Waals surface area contributed by atoms with Crippen molar-refractivity contribution >= 4 is 35.8 Å². The van der Waals surface area contributed by atoms with Gasteiger partial charge in [0.1, 0.15) is 5.75 Å². The molecular weight excluding hydrogens is 459 g/mol. The molecule has 1 aliphatic heterocycles. The summed E-state index contributed by atoms with van der Waals surface area (Å²) in [6.45, 7) is 9.34. The van der Waals surface area contributed by atoms with Crippen LogP contribution in [0, 0.1) is 5.92 Å². The molecule has 1 atom stereocenters. The van der Waals surface area contributed by atoms with E-state index in [0.29, 0.717) is 24.6 Å². The minimum absolute atomic E-state index is 0. The largest absolute Gasteiger partial charge is 0.508 e. The summed E-state index contributed by atoms with van der Waals surface area (Å²) in [6.07, 6.45) is 1.11. The van der Waals surface area contributed by atoms with E-state index in [1.54, 1.807) is 12.1 Å². The summed E-state index contributed by atoms with van der Waals surface area (Å²) in [7, 11) is 0. The van der Waals surface area contributed by atoms with Crippen LogP contribution < -0.4 is 10.6 Å². The number of ether oxygens (including phenoxy) is 1. The van der Waals surface area contributed by atoms with Crippen molar-refractivity contribution in [3.05, 3.63) is 29.8 Å². The standard InChI is InChI=1S/C19H30N4O3.HI/c1-3-20-19(23-12-9-15(13-23)14-26-4-2)22-11-10-21-18(25)16-5-7-17(24)8-6-16;/h5-8,15,24H,3-4,9-14H2,1-2H3,(H,20,22)(H,21,25);1H. The van der Waals surface area contributed by atoms with Gasteiger partial charge in [-0.15, -0.1) is 24.0 Å². The molecule has 0 radical (unpaired) electrons. The van der Waals surface area contributed by atoms with E-state index in [4.69, 9.17) is 4.74 Å². The van der Waals surface area contributed by atoms with E-state index in [1.165, 1.54) is 12.1 Å². The number of phenols is 1. The minimum Gasteiger partial charge on any atom is -0.508 e. The Morgan fingerprint density at radius 1 is 1.30 bits per heavy atom. The number of carbonyl (C=O) groups excluding carboxylic acids is 1. The summed E-state index contributed by atoms with van der Waals surface area (Å²) in [6, 6.07) is 6.20. The first-order chi connectivity index (χ1) is 12.6. The second kappa shape index (κ2) is 12.8. The summed E-state index contributed by atoms with van der Waals surface area (Å²) < 4.78 is 5.53.